The van der Waals surface area contributed by atoms with Crippen LogP contribution in [0.4, 0.5) is 10.1 Å². The van der Waals surface area contributed by atoms with Crippen molar-refractivity contribution >= 4 is 32.9 Å². The minimum atomic E-state index is -3.84. The van der Waals surface area contributed by atoms with Crippen LogP contribution in [-0.2, 0) is 10.0 Å². The van der Waals surface area contributed by atoms with Gasteiger partial charge in [0.2, 0.25) is 0 Å². The Morgan fingerprint density at radius 1 is 1.24 bits per heavy atom. The molecule has 0 saturated carbocycles. The van der Waals surface area contributed by atoms with Gasteiger partial charge < -0.3 is 5.73 Å². The number of hydrogen-bond acceptors (Lipinski definition) is 3. The summed E-state index contributed by atoms with van der Waals surface area (Å²) in [6, 6.07) is 10.3. The second-order valence-corrected chi connectivity index (χ2v) is 6.55. The molecule has 2 aromatic carbocycles. The maximum atomic E-state index is 13.5. The summed E-state index contributed by atoms with van der Waals surface area (Å²) in [5.41, 5.74) is 6.51. The van der Waals surface area contributed by atoms with E-state index in [1.165, 1.54) is 0 Å². The first kappa shape index (κ1) is 15.4. The lowest BCUT2D eigenvalue weighted by molar-refractivity contribution is 0.599. The Kier molecular flexibility index (Phi) is 4.24. The van der Waals surface area contributed by atoms with Crippen LogP contribution in [0, 0.1) is 12.7 Å². The van der Waals surface area contributed by atoms with E-state index in [-0.39, 0.29) is 15.4 Å². The number of anilines is 1. The lowest BCUT2D eigenvalue weighted by Crippen LogP contribution is -2.17. The molecule has 7 heteroatoms. The van der Waals surface area contributed by atoms with Crippen molar-refractivity contribution in [1.29, 1.82) is 0 Å². The molecule has 0 radical (unpaired) electrons. The maximum Gasteiger partial charge on any atom is 0.261 e. The van der Waals surface area contributed by atoms with Crippen molar-refractivity contribution in [2.75, 3.05) is 4.72 Å². The molecule has 0 saturated heterocycles. The van der Waals surface area contributed by atoms with Gasteiger partial charge in [0.25, 0.3) is 10.0 Å². The van der Waals surface area contributed by atoms with E-state index < -0.39 is 15.8 Å². The molecule has 0 aliphatic heterocycles. The lowest BCUT2D eigenvalue weighted by atomic mass is 10.2. The van der Waals surface area contributed by atoms with Crippen LogP contribution >= 0.6 is 12.2 Å². The van der Waals surface area contributed by atoms with Crippen LogP contribution in [-0.4, -0.2) is 13.4 Å². The van der Waals surface area contributed by atoms with Gasteiger partial charge in [-0.25, -0.2) is 12.8 Å². The summed E-state index contributed by atoms with van der Waals surface area (Å²) in [5, 5.41) is 0. The van der Waals surface area contributed by atoms with Crippen LogP contribution in [0.15, 0.2) is 47.4 Å². The highest BCUT2D eigenvalue weighted by molar-refractivity contribution is 7.92. The average Bonchev–Trinajstić information content (AvgIpc) is 2.41. The molecule has 21 heavy (non-hydrogen) atoms. The second-order valence-electron chi connectivity index (χ2n) is 4.43. The van der Waals surface area contributed by atoms with Crippen molar-refractivity contribution in [1.82, 2.24) is 0 Å². The zero-order valence-corrected chi connectivity index (χ0v) is 12.8. The molecule has 0 bridgehead atoms. The number of sulfonamides is 1. The minimum Gasteiger partial charge on any atom is -0.389 e. The molecule has 0 fully saturated rings. The van der Waals surface area contributed by atoms with E-state index in [9.17, 15) is 12.8 Å². The molecule has 0 aliphatic rings. The third kappa shape index (κ3) is 3.37. The summed E-state index contributed by atoms with van der Waals surface area (Å²) in [5.74, 6) is -0.655. The molecule has 0 aromatic heterocycles. The van der Waals surface area contributed by atoms with Crippen molar-refractivity contribution in [2.24, 2.45) is 5.73 Å². The topological polar surface area (TPSA) is 72.2 Å². The van der Waals surface area contributed by atoms with Crippen LogP contribution in [0.3, 0.4) is 0 Å². The van der Waals surface area contributed by atoms with Gasteiger partial charge in [0, 0.05) is 5.56 Å². The number of halogens is 1. The van der Waals surface area contributed by atoms with E-state index in [2.05, 4.69) is 4.72 Å². The van der Waals surface area contributed by atoms with Gasteiger partial charge in [0.15, 0.2) is 0 Å². The summed E-state index contributed by atoms with van der Waals surface area (Å²) < 4.78 is 40.6. The van der Waals surface area contributed by atoms with Crippen LogP contribution in [0.2, 0.25) is 0 Å². The Morgan fingerprint density at radius 2 is 1.90 bits per heavy atom. The zero-order chi connectivity index (χ0) is 15.6. The summed E-state index contributed by atoms with van der Waals surface area (Å²) in [7, 11) is -3.84. The van der Waals surface area contributed by atoms with Crippen molar-refractivity contribution in [3.63, 3.8) is 0 Å². The lowest BCUT2D eigenvalue weighted by Gasteiger charge is -2.11. The normalized spacial score (nSPS) is 11.1. The number of nitrogens with one attached hydrogen (secondary N) is 1. The molecule has 0 unspecified atom stereocenters. The highest BCUT2D eigenvalue weighted by Crippen LogP contribution is 2.21. The van der Waals surface area contributed by atoms with Gasteiger partial charge in [0.1, 0.15) is 10.8 Å². The van der Waals surface area contributed by atoms with Gasteiger partial charge in [-0.05, 0) is 36.8 Å². The number of nitrogens with two attached hydrogens (primary N) is 1. The largest absolute Gasteiger partial charge is 0.389 e. The fourth-order valence-corrected chi connectivity index (χ4v) is 3.06. The molecule has 0 aliphatic carbocycles. The molecule has 0 atom stereocenters. The second kappa shape index (κ2) is 5.79. The van der Waals surface area contributed by atoms with Crippen molar-refractivity contribution in [3.8, 4) is 0 Å². The van der Waals surface area contributed by atoms with Gasteiger partial charge in [-0.15, -0.1) is 0 Å². The zero-order valence-electron chi connectivity index (χ0n) is 11.1. The van der Waals surface area contributed by atoms with Crippen LogP contribution in [0.1, 0.15) is 11.1 Å². The van der Waals surface area contributed by atoms with Crippen LogP contribution < -0.4 is 10.5 Å². The quantitative estimate of drug-likeness (QED) is 0.848. The Hall–Kier alpha value is -1.99. The minimum absolute atomic E-state index is 0.0994. The third-order valence-electron chi connectivity index (χ3n) is 2.90. The number of para-hydroxylation sites is 1. The van der Waals surface area contributed by atoms with Crippen LogP contribution in [0.25, 0.3) is 0 Å². The predicted molar refractivity (Wildman–Crippen MR) is 84.3 cm³/mol. The van der Waals surface area contributed by atoms with Gasteiger partial charge >= 0.3 is 0 Å². The maximum absolute atomic E-state index is 13.5. The van der Waals surface area contributed by atoms with Crippen molar-refractivity contribution in [3.05, 3.63) is 59.4 Å². The van der Waals surface area contributed by atoms with E-state index in [1.807, 2.05) is 0 Å². The highest BCUT2D eigenvalue weighted by atomic mass is 32.2. The average molecular weight is 324 g/mol. The molecule has 2 rings (SSSR count). The van der Waals surface area contributed by atoms with Gasteiger partial charge in [-0.1, -0.05) is 30.4 Å². The summed E-state index contributed by atoms with van der Waals surface area (Å²) in [4.78, 5) is -0.296. The van der Waals surface area contributed by atoms with Gasteiger partial charge in [0.05, 0.1) is 10.6 Å². The van der Waals surface area contributed by atoms with E-state index >= 15 is 0 Å². The van der Waals surface area contributed by atoms with Crippen LogP contribution in [0.5, 0.6) is 0 Å². The van der Waals surface area contributed by atoms with Crippen molar-refractivity contribution < 1.29 is 12.8 Å². The summed E-state index contributed by atoms with van der Waals surface area (Å²) in [6.07, 6.45) is 0. The highest BCUT2D eigenvalue weighted by Gasteiger charge is 2.18. The summed E-state index contributed by atoms with van der Waals surface area (Å²) >= 11 is 4.71. The number of aryl methyl sites for hydroxylation is 1. The van der Waals surface area contributed by atoms with E-state index in [4.69, 9.17) is 18.0 Å². The Labute approximate surface area is 127 Å². The molecule has 3 N–H and O–H groups in total. The number of thiocarbonyl (C=S) groups is 1. The smallest absolute Gasteiger partial charge is 0.261 e. The molecule has 4 nitrogen and oxygen atoms in total. The Balaban J connectivity index is 2.43. The first-order valence-electron chi connectivity index (χ1n) is 5.99. The van der Waals surface area contributed by atoms with Crippen molar-refractivity contribution in [2.45, 2.75) is 11.8 Å². The molecule has 0 spiro atoms. The standard InChI is InChI=1S/C14H13FN2O2S2/c1-9-4-2-3-5-13(9)17-21(18,19)10-6-7-12(15)11(8-10)14(16)20/h2-8,17H,1H3,(H2,16,20). The van der Waals surface area contributed by atoms with E-state index in [0.29, 0.717) is 5.69 Å². The monoisotopic (exact) mass is 324 g/mol. The summed E-state index contributed by atoms with van der Waals surface area (Å²) in [6.45, 7) is 1.78. The predicted octanol–water partition coefficient (Wildman–Crippen LogP) is 2.57. The third-order valence-corrected chi connectivity index (χ3v) is 4.49. The van der Waals surface area contributed by atoms with E-state index in [0.717, 1.165) is 23.8 Å². The molecule has 0 amide bonds. The number of benzene rings is 2. The molecule has 2 aromatic rings. The van der Waals surface area contributed by atoms with Gasteiger partial charge in [-0.3, -0.25) is 4.72 Å². The SMILES string of the molecule is Cc1ccccc1NS(=O)(=O)c1ccc(F)c(C(N)=S)c1. The van der Waals surface area contributed by atoms with E-state index in [1.54, 1.807) is 31.2 Å². The number of hydrogen-bond donors (Lipinski definition) is 2. The molecule has 0 heterocycles. The first-order chi connectivity index (χ1) is 9.81. The van der Waals surface area contributed by atoms with Gasteiger partial charge in [-0.2, -0.15) is 0 Å². The number of rotatable bonds is 4. The fourth-order valence-electron chi connectivity index (χ4n) is 1.75. The molecule has 110 valence electrons. The Bertz CT molecular complexity index is 804. The molecular formula is C14H13FN2O2S2. The Morgan fingerprint density at radius 3 is 2.52 bits per heavy atom. The first-order valence-corrected chi connectivity index (χ1v) is 7.88. The molecular weight excluding hydrogens is 311 g/mol. The fraction of sp³-hybridized carbons (Fsp3) is 0.0714.